The van der Waals surface area contributed by atoms with Crippen LogP contribution in [0.1, 0.15) is 18.9 Å². The van der Waals surface area contributed by atoms with E-state index in [1.165, 1.54) is 5.01 Å². The summed E-state index contributed by atoms with van der Waals surface area (Å²) in [5.74, 6) is 0. The van der Waals surface area contributed by atoms with Gasteiger partial charge in [-0.2, -0.15) is 0 Å². The lowest BCUT2D eigenvalue weighted by Gasteiger charge is -2.16. The summed E-state index contributed by atoms with van der Waals surface area (Å²) in [4.78, 5) is 11.6. The fourth-order valence-corrected chi connectivity index (χ4v) is 1.66. The Morgan fingerprint density at radius 3 is 2.88 bits per heavy atom. The molecule has 0 saturated carbocycles. The van der Waals surface area contributed by atoms with E-state index in [0.29, 0.717) is 12.6 Å². The van der Waals surface area contributed by atoms with Crippen LogP contribution in [0.15, 0.2) is 30.3 Å². The molecule has 86 valence electrons. The highest BCUT2D eigenvalue weighted by atomic mass is 16.6. The summed E-state index contributed by atoms with van der Waals surface area (Å²) in [6, 6.07) is 10.0. The summed E-state index contributed by atoms with van der Waals surface area (Å²) in [7, 11) is 0. The third kappa shape index (κ3) is 2.73. The Morgan fingerprint density at radius 2 is 2.25 bits per heavy atom. The first-order valence-corrected chi connectivity index (χ1v) is 5.50. The van der Waals surface area contributed by atoms with E-state index in [0.717, 1.165) is 18.5 Å². The average Bonchev–Trinajstić information content (AvgIpc) is 2.74. The molecule has 4 nitrogen and oxygen atoms in total. The van der Waals surface area contributed by atoms with E-state index in [-0.39, 0.29) is 6.09 Å². The number of ether oxygens (including phenoxy) is 1. The summed E-state index contributed by atoms with van der Waals surface area (Å²) in [6.45, 7) is 3.09. The summed E-state index contributed by atoms with van der Waals surface area (Å²) in [6.07, 6.45) is 0.675. The van der Waals surface area contributed by atoms with E-state index in [4.69, 9.17) is 4.74 Å². The van der Waals surface area contributed by atoms with Crippen molar-refractivity contribution in [2.24, 2.45) is 0 Å². The van der Waals surface area contributed by atoms with Crippen LogP contribution in [-0.2, 0) is 11.3 Å². The monoisotopic (exact) mass is 220 g/mol. The van der Waals surface area contributed by atoms with E-state index in [1.54, 1.807) is 0 Å². The molecule has 1 aromatic rings. The van der Waals surface area contributed by atoms with Gasteiger partial charge >= 0.3 is 6.09 Å². The average molecular weight is 220 g/mol. The van der Waals surface area contributed by atoms with Gasteiger partial charge in [-0.3, -0.25) is 0 Å². The smallest absolute Gasteiger partial charge is 0.424 e. The predicted octanol–water partition coefficient (Wildman–Crippen LogP) is 1.92. The van der Waals surface area contributed by atoms with Crippen molar-refractivity contribution in [3.8, 4) is 0 Å². The lowest BCUT2D eigenvalue weighted by Crippen LogP contribution is -2.39. The van der Waals surface area contributed by atoms with Gasteiger partial charge in [0.05, 0.1) is 0 Å². The van der Waals surface area contributed by atoms with Crippen LogP contribution < -0.4 is 5.43 Å². The largest absolute Gasteiger partial charge is 0.444 e. The van der Waals surface area contributed by atoms with Crippen molar-refractivity contribution in [2.75, 3.05) is 6.54 Å². The molecule has 1 heterocycles. The van der Waals surface area contributed by atoms with Gasteiger partial charge in [-0.15, -0.1) is 0 Å². The van der Waals surface area contributed by atoms with Crippen molar-refractivity contribution in [1.82, 2.24) is 10.4 Å². The van der Waals surface area contributed by atoms with Crippen LogP contribution in [0.5, 0.6) is 0 Å². The lowest BCUT2D eigenvalue weighted by atomic mass is 10.2. The molecule has 16 heavy (non-hydrogen) atoms. The van der Waals surface area contributed by atoms with Crippen molar-refractivity contribution in [3.05, 3.63) is 35.9 Å². The maximum atomic E-state index is 11.6. The molecule has 1 fully saturated rings. The van der Waals surface area contributed by atoms with Gasteiger partial charge in [0.25, 0.3) is 0 Å². The van der Waals surface area contributed by atoms with Crippen molar-refractivity contribution in [1.29, 1.82) is 0 Å². The highest BCUT2D eigenvalue weighted by Gasteiger charge is 2.23. The molecule has 1 unspecified atom stereocenters. The highest BCUT2D eigenvalue weighted by Crippen LogP contribution is 2.08. The van der Waals surface area contributed by atoms with E-state index in [2.05, 4.69) is 5.43 Å². The van der Waals surface area contributed by atoms with E-state index in [1.807, 2.05) is 37.3 Å². The normalized spacial score (nSPS) is 19.8. The van der Waals surface area contributed by atoms with Crippen molar-refractivity contribution >= 4 is 6.09 Å². The van der Waals surface area contributed by atoms with Crippen LogP contribution in [0.25, 0.3) is 0 Å². The van der Waals surface area contributed by atoms with Gasteiger partial charge in [0, 0.05) is 12.6 Å². The summed E-state index contributed by atoms with van der Waals surface area (Å²) in [5.41, 5.74) is 4.05. The van der Waals surface area contributed by atoms with Gasteiger partial charge < -0.3 is 4.74 Å². The van der Waals surface area contributed by atoms with Crippen molar-refractivity contribution in [2.45, 2.75) is 26.0 Å². The Hall–Kier alpha value is -1.55. The predicted molar refractivity (Wildman–Crippen MR) is 60.5 cm³/mol. The third-order valence-electron chi connectivity index (χ3n) is 2.59. The van der Waals surface area contributed by atoms with E-state index < -0.39 is 0 Å². The zero-order valence-corrected chi connectivity index (χ0v) is 9.35. The fraction of sp³-hybridized carbons (Fsp3) is 0.417. The molecule has 1 aliphatic heterocycles. The van der Waals surface area contributed by atoms with Crippen molar-refractivity contribution in [3.63, 3.8) is 0 Å². The summed E-state index contributed by atoms with van der Waals surface area (Å²) >= 11 is 0. The second-order valence-electron chi connectivity index (χ2n) is 4.01. The molecular weight excluding hydrogens is 204 g/mol. The van der Waals surface area contributed by atoms with E-state index in [9.17, 15) is 4.79 Å². The third-order valence-corrected chi connectivity index (χ3v) is 2.59. The number of hydrazine groups is 1. The zero-order valence-electron chi connectivity index (χ0n) is 9.35. The molecule has 4 heteroatoms. The maximum Gasteiger partial charge on any atom is 0.424 e. The molecule has 1 N–H and O–H groups in total. The molecule has 2 rings (SSSR count). The van der Waals surface area contributed by atoms with Gasteiger partial charge in [-0.05, 0) is 18.9 Å². The standard InChI is InChI=1S/C12H16N2O2/c1-10-7-8-14(13-10)12(15)16-9-11-5-3-2-4-6-11/h2-6,10,13H,7-9H2,1H3. The minimum Gasteiger partial charge on any atom is -0.444 e. The molecular formula is C12H16N2O2. The number of carbonyl (C=O) groups is 1. The fourth-order valence-electron chi connectivity index (χ4n) is 1.66. The maximum absolute atomic E-state index is 11.6. The summed E-state index contributed by atoms with van der Waals surface area (Å²) in [5, 5.41) is 1.54. The zero-order chi connectivity index (χ0) is 11.4. The highest BCUT2D eigenvalue weighted by molar-refractivity contribution is 5.67. The van der Waals surface area contributed by atoms with Crippen LogP contribution in [0, 0.1) is 0 Å². The minimum atomic E-state index is -0.298. The number of amides is 1. The van der Waals surface area contributed by atoms with Crippen LogP contribution in [0.2, 0.25) is 0 Å². The molecule has 0 spiro atoms. The Kier molecular flexibility index (Phi) is 3.41. The molecule has 1 atom stereocenters. The quantitative estimate of drug-likeness (QED) is 0.828. The van der Waals surface area contributed by atoms with Crippen LogP contribution >= 0.6 is 0 Å². The molecule has 0 bridgehead atoms. The molecule has 1 amide bonds. The van der Waals surface area contributed by atoms with Crippen molar-refractivity contribution < 1.29 is 9.53 Å². The molecule has 0 aliphatic carbocycles. The second-order valence-corrected chi connectivity index (χ2v) is 4.01. The number of benzene rings is 1. The molecule has 0 radical (unpaired) electrons. The van der Waals surface area contributed by atoms with Gasteiger partial charge in [0.2, 0.25) is 0 Å². The molecule has 1 aromatic carbocycles. The number of nitrogens with zero attached hydrogens (tertiary/aromatic N) is 1. The Morgan fingerprint density at radius 1 is 1.50 bits per heavy atom. The Labute approximate surface area is 95.2 Å². The molecule has 1 saturated heterocycles. The van der Waals surface area contributed by atoms with Crippen LogP contribution in [0.3, 0.4) is 0 Å². The van der Waals surface area contributed by atoms with Gasteiger partial charge in [0.15, 0.2) is 0 Å². The number of carbonyl (C=O) groups excluding carboxylic acids is 1. The minimum absolute atomic E-state index is 0.298. The lowest BCUT2D eigenvalue weighted by molar-refractivity contribution is 0.0881. The van der Waals surface area contributed by atoms with E-state index >= 15 is 0 Å². The Balaban J connectivity index is 1.80. The second kappa shape index (κ2) is 4.99. The number of nitrogens with one attached hydrogen (secondary N) is 1. The van der Waals surface area contributed by atoms with Gasteiger partial charge in [-0.1, -0.05) is 30.3 Å². The Bertz CT molecular complexity index is 353. The number of hydrogen-bond acceptors (Lipinski definition) is 3. The SMILES string of the molecule is CC1CCN(C(=O)OCc2ccccc2)N1. The van der Waals surface area contributed by atoms with Gasteiger partial charge in [-0.25, -0.2) is 15.2 Å². The molecule has 1 aliphatic rings. The first kappa shape index (κ1) is 11.0. The number of hydrogen-bond donors (Lipinski definition) is 1. The summed E-state index contributed by atoms with van der Waals surface area (Å²) < 4.78 is 5.18. The first-order chi connectivity index (χ1) is 7.75. The van der Waals surface area contributed by atoms with Crippen LogP contribution in [0.4, 0.5) is 4.79 Å². The molecule has 0 aromatic heterocycles. The first-order valence-electron chi connectivity index (χ1n) is 5.50. The topological polar surface area (TPSA) is 41.6 Å². The van der Waals surface area contributed by atoms with Crippen LogP contribution in [-0.4, -0.2) is 23.7 Å². The number of rotatable bonds is 2. The van der Waals surface area contributed by atoms with Gasteiger partial charge in [0.1, 0.15) is 6.61 Å².